The smallest absolute Gasteiger partial charge is 0.321 e. The van der Waals surface area contributed by atoms with E-state index in [9.17, 15) is 9.18 Å². The second kappa shape index (κ2) is 4.36. The maximum Gasteiger partial charge on any atom is 0.321 e. The van der Waals surface area contributed by atoms with E-state index < -0.39 is 23.2 Å². The molecule has 1 fully saturated rings. The number of ether oxygens (including phenoxy) is 1. The number of hydrogen-bond donors (Lipinski definition) is 2. The standard InChI is InChI=1S/C11H11BrFNO3/c12-6-1-2-8(13)7(3-6)11(4-17-5-11)9(14)10(15)16/h1-3,9H,4-5,14H2,(H,15,16). The average Bonchev–Trinajstić information content (AvgIpc) is 2.21. The van der Waals surface area contributed by atoms with Crippen molar-refractivity contribution in [3.8, 4) is 0 Å². The second-order valence-corrected chi connectivity index (χ2v) is 5.00. The van der Waals surface area contributed by atoms with Crippen LogP contribution in [0.5, 0.6) is 0 Å². The Morgan fingerprint density at radius 1 is 1.59 bits per heavy atom. The highest BCUT2D eigenvalue weighted by molar-refractivity contribution is 9.10. The van der Waals surface area contributed by atoms with Crippen LogP contribution >= 0.6 is 15.9 Å². The molecule has 4 nitrogen and oxygen atoms in total. The topological polar surface area (TPSA) is 72.6 Å². The van der Waals surface area contributed by atoms with Gasteiger partial charge in [-0.15, -0.1) is 0 Å². The van der Waals surface area contributed by atoms with E-state index in [2.05, 4.69) is 15.9 Å². The molecule has 0 bridgehead atoms. The van der Waals surface area contributed by atoms with E-state index in [-0.39, 0.29) is 18.8 Å². The number of carboxylic acid groups (broad SMARTS) is 1. The van der Waals surface area contributed by atoms with E-state index in [1.165, 1.54) is 6.07 Å². The minimum absolute atomic E-state index is 0.119. The summed E-state index contributed by atoms with van der Waals surface area (Å²) >= 11 is 3.23. The molecule has 92 valence electrons. The summed E-state index contributed by atoms with van der Waals surface area (Å²) < 4.78 is 19.5. The number of rotatable bonds is 3. The average molecular weight is 304 g/mol. The summed E-state index contributed by atoms with van der Waals surface area (Å²) in [6.07, 6.45) is 0. The van der Waals surface area contributed by atoms with Gasteiger partial charge in [-0.05, 0) is 18.2 Å². The van der Waals surface area contributed by atoms with Crippen LogP contribution in [-0.4, -0.2) is 30.3 Å². The maximum absolute atomic E-state index is 13.8. The van der Waals surface area contributed by atoms with Crippen LogP contribution in [0.15, 0.2) is 22.7 Å². The molecule has 1 aromatic rings. The van der Waals surface area contributed by atoms with Crippen LogP contribution in [0.3, 0.4) is 0 Å². The van der Waals surface area contributed by atoms with Crippen molar-refractivity contribution in [3.63, 3.8) is 0 Å². The van der Waals surface area contributed by atoms with E-state index in [0.717, 1.165) is 0 Å². The fourth-order valence-corrected chi connectivity index (χ4v) is 2.30. The van der Waals surface area contributed by atoms with Gasteiger partial charge < -0.3 is 15.6 Å². The first-order valence-corrected chi connectivity index (χ1v) is 5.78. The van der Waals surface area contributed by atoms with Crippen molar-refractivity contribution < 1.29 is 19.0 Å². The quantitative estimate of drug-likeness (QED) is 0.882. The predicted octanol–water partition coefficient (Wildman–Crippen LogP) is 1.27. The molecular formula is C11H11BrFNO3. The molecule has 0 saturated carbocycles. The molecule has 3 N–H and O–H groups in total. The Kier molecular flexibility index (Phi) is 3.20. The van der Waals surface area contributed by atoms with E-state index >= 15 is 0 Å². The molecule has 1 aliphatic heterocycles. The van der Waals surface area contributed by atoms with Crippen molar-refractivity contribution >= 4 is 21.9 Å². The highest BCUT2D eigenvalue weighted by Crippen LogP contribution is 2.37. The summed E-state index contributed by atoms with van der Waals surface area (Å²) in [7, 11) is 0. The van der Waals surface area contributed by atoms with Gasteiger partial charge in [0.05, 0.1) is 18.6 Å². The molecule has 2 rings (SSSR count). The first kappa shape index (κ1) is 12.5. The van der Waals surface area contributed by atoms with Gasteiger partial charge in [0.25, 0.3) is 0 Å². The zero-order chi connectivity index (χ0) is 12.6. The number of halogens is 2. The third-order valence-electron chi connectivity index (χ3n) is 3.05. The number of nitrogens with two attached hydrogens (primary N) is 1. The van der Waals surface area contributed by atoms with Crippen LogP contribution in [0.2, 0.25) is 0 Å². The third kappa shape index (κ3) is 1.96. The summed E-state index contributed by atoms with van der Waals surface area (Å²) in [6, 6.07) is 3.22. The van der Waals surface area contributed by atoms with Crippen molar-refractivity contribution in [2.75, 3.05) is 13.2 Å². The molecular weight excluding hydrogens is 293 g/mol. The molecule has 0 aromatic heterocycles. The van der Waals surface area contributed by atoms with E-state index in [1.807, 2.05) is 0 Å². The molecule has 1 atom stereocenters. The van der Waals surface area contributed by atoms with E-state index in [1.54, 1.807) is 12.1 Å². The number of hydrogen-bond acceptors (Lipinski definition) is 3. The number of aliphatic carboxylic acids is 1. The Bertz CT molecular complexity index is 462. The zero-order valence-corrected chi connectivity index (χ0v) is 10.4. The minimum Gasteiger partial charge on any atom is -0.480 e. The largest absolute Gasteiger partial charge is 0.480 e. The van der Waals surface area contributed by atoms with Crippen LogP contribution in [0.25, 0.3) is 0 Å². The molecule has 1 aliphatic rings. The Hall–Kier alpha value is -0.980. The summed E-state index contributed by atoms with van der Waals surface area (Å²) in [5, 5.41) is 8.99. The first-order valence-electron chi connectivity index (χ1n) is 4.99. The molecule has 1 saturated heterocycles. The van der Waals surface area contributed by atoms with Crippen LogP contribution in [0, 0.1) is 5.82 Å². The van der Waals surface area contributed by atoms with Gasteiger partial charge in [0, 0.05) is 10.0 Å². The molecule has 1 aromatic carbocycles. The maximum atomic E-state index is 13.8. The van der Waals surface area contributed by atoms with Gasteiger partial charge in [0.15, 0.2) is 0 Å². The lowest BCUT2D eigenvalue weighted by Crippen LogP contribution is -2.62. The predicted molar refractivity (Wildman–Crippen MR) is 62.2 cm³/mol. The Labute approximate surface area is 106 Å². The van der Waals surface area contributed by atoms with Gasteiger partial charge in [-0.3, -0.25) is 4.79 Å². The molecule has 1 heterocycles. The lowest BCUT2D eigenvalue weighted by atomic mass is 9.72. The van der Waals surface area contributed by atoms with Crippen molar-refractivity contribution in [2.24, 2.45) is 5.73 Å². The summed E-state index contributed by atoms with van der Waals surface area (Å²) in [4.78, 5) is 11.0. The van der Waals surface area contributed by atoms with Crippen LogP contribution in [0.1, 0.15) is 5.56 Å². The monoisotopic (exact) mass is 303 g/mol. The second-order valence-electron chi connectivity index (χ2n) is 4.09. The van der Waals surface area contributed by atoms with Crippen molar-refractivity contribution in [1.82, 2.24) is 0 Å². The van der Waals surface area contributed by atoms with Crippen molar-refractivity contribution in [1.29, 1.82) is 0 Å². The molecule has 0 spiro atoms. The number of carbonyl (C=O) groups is 1. The lowest BCUT2D eigenvalue weighted by Gasteiger charge is -2.44. The van der Waals surface area contributed by atoms with Crippen LogP contribution in [0.4, 0.5) is 4.39 Å². The first-order chi connectivity index (χ1) is 7.97. The Morgan fingerprint density at radius 3 is 2.71 bits per heavy atom. The fourth-order valence-electron chi connectivity index (χ4n) is 1.94. The summed E-state index contributed by atoms with van der Waals surface area (Å²) in [5.74, 6) is -1.62. The molecule has 0 radical (unpaired) electrons. The third-order valence-corrected chi connectivity index (χ3v) is 3.54. The van der Waals surface area contributed by atoms with E-state index in [0.29, 0.717) is 4.47 Å². The zero-order valence-electron chi connectivity index (χ0n) is 8.82. The molecule has 0 aliphatic carbocycles. The molecule has 1 unspecified atom stereocenters. The van der Waals surface area contributed by atoms with Gasteiger partial charge in [-0.2, -0.15) is 0 Å². The summed E-state index contributed by atoms with van der Waals surface area (Å²) in [6.45, 7) is 0.238. The number of benzene rings is 1. The SMILES string of the molecule is NC(C(=O)O)C1(c2cc(Br)ccc2F)COC1. The summed E-state index contributed by atoms with van der Waals surface area (Å²) in [5.41, 5.74) is 4.96. The molecule has 0 amide bonds. The van der Waals surface area contributed by atoms with E-state index in [4.69, 9.17) is 15.6 Å². The molecule has 17 heavy (non-hydrogen) atoms. The Morgan fingerprint density at radius 2 is 2.24 bits per heavy atom. The number of carboxylic acids is 1. The van der Waals surface area contributed by atoms with Crippen LogP contribution < -0.4 is 5.73 Å². The highest BCUT2D eigenvalue weighted by atomic mass is 79.9. The fraction of sp³-hybridized carbons (Fsp3) is 0.364. The normalized spacial score (nSPS) is 19.5. The van der Waals surface area contributed by atoms with Crippen molar-refractivity contribution in [2.45, 2.75) is 11.5 Å². The Balaban J connectivity index is 2.48. The lowest BCUT2D eigenvalue weighted by molar-refractivity contribution is -0.149. The highest BCUT2D eigenvalue weighted by Gasteiger charge is 2.50. The minimum atomic E-state index is -1.18. The van der Waals surface area contributed by atoms with Crippen molar-refractivity contribution in [3.05, 3.63) is 34.1 Å². The van der Waals surface area contributed by atoms with Gasteiger partial charge in [-0.1, -0.05) is 15.9 Å². The van der Waals surface area contributed by atoms with Gasteiger partial charge in [0.2, 0.25) is 0 Å². The van der Waals surface area contributed by atoms with Gasteiger partial charge in [0.1, 0.15) is 11.9 Å². The van der Waals surface area contributed by atoms with Gasteiger partial charge in [-0.25, -0.2) is 4.39 Å². The van der Waals surface area contributed by atoms with Crippen LogP contribution in [-0.2, 0) is 14.9 Å². The van der Waals surface area contributed by atoms with Gasteiger partial charge >= 0.3 is 5.97 Å². The molecule has 6 heteroatoms.